The van der Waals surface area contributed by atoms with Crippen molar-refractivity contribution in [2.24, 2.45) is 0 Å². The van der Waals surface area contributed by atoms with Gasteiger partial charge in [0.05, 0.1) is 7.11 Å². The van der Waals surface area contributed by atoms with Gasteiger partial charge in [-0.3, -0.25) is 0 Å². The zero-order valence-electron chi connectivity index (χ0n) is 12.4. The van der Waals surface area contributed by atoms with Gasteiger partial charge in [-0.05, 0) is 60.7 Å². The summed E-state index contributed by atoms with van der Waals surface area (Å²) in [7, 11) is 1.69. The third-order valence-corrected chi connectivity index (χ3v) is 4.44. The maximum Gasteiger partial charge on any atom is 0.118 e. The molecule has 0 saturated carbocycles. The molecule has 0 bridgehead atoms. The predicted molar refractivity (Wildman–Crippen MR) is 87.2 cm³/mol. The fraction of sp³-hybridized carbons (Fsp3) is 0.333. The largest absolute Gasteiger partial charge is 0.497 e. The predicted octanol–water partition coefficient (Wildman–Crippen LogP) is 4.17. The van der Waals surface area contributed by atoms with Gasteiger partial charge in [-0.25, -0.2) is 0 Å². The summed E-state index contributed by atoms with van der Waals surface area (Å²) >= 11 is 6.07. The van der Waals surface area contributed by atoms with Gasteiger partial charge in [0.1, 0.15) is 5.75 Å². The Bertz CT molecular complexity index is 624. The maximum absolute atomic E-state index is 6.07. The zero-order chi connectivity index (χ0) is 14.8. The minimum absolute atomic E-state index is 0.325. The molecule has 2 aromatic rings. The van der Waals surface area contributed by atoms with E-state index < -0.39 is 0 Å². The molecule has 1 unspecified atom stereocenters. The molecule has 0 saturated heterocycles. The lowest BCUT2D eigenvalue weighted by Crippen LogP contribution is -2.32. The van der Waals surface area contributed by atoms with E-state index in [1.54, 1.807) is 7.11 Å². The molecule has 2 aromatic carbocycles. The zero-order valence-corrected chi connectivity index (χ0v) is 13.2. The number of hydrogen-bond donors (Lipinski definition) is 1. The van der Waals surface area contributed by atoms with Crippen molar-refractivity contribution in [2.75, 3.05) is 7.11 Å². The van der Waals surface area contributed by atoms with Crippen molar-refractivity contribution in [1.82, 2.24) is 5.32 Å². The van der Waals surface area contributed by atoms with Crippen molar-refractivity contribution in [3.05, 3.63) is 64.2 Å². The van der Waals surface area contributed by atoms with Gasteiger partial charge in [-0.1, -0.05) is 29.8 Å². The van der Waals surface area contributed by atoms with Crippen LogP contribution in [0.25, 0.3) is 0 Å². The van der Waals surface area contributed by atoms with Crippen LogP contribution in [0, 0.1) is 0 Å². The van der Waals surface area contributed by atoms with Gasteiger partial charge in [0.15, 0.2) is 0 Å². The van der Waals surface area contributed by atoms with E-state index in [9.17, 15) is 0 Å². The number of methoxy groups -OCH3 is 1. The molecule has 2 nitrogen and oxygen atoms in total. The van der Waals surface area contributed by atoms with E-state index in [-0.39, 0.29) is 0 Å². The highest BCUT2D eigenvalue weighted by molar-refractivity contribution is 6.30. The molecule has 21 heavy (non-hydrogen) atoms. The molecule has 0 amide bonds. The first kappa shape index (κ1) is 14.4. The summed E-state index contributed by atoms with van der Waals surface area (Å²) in [5, 5.41) is 4.55. The van der Waals surface area contributed by atoms with Gasteiger partial charge in [0.25, 0.3) is 0 Å². The summed E-state index contributed by atoms with van der Waals surface area (Å²) in [5.41, 5.74) is 4.07. The summed E-state index contributed by atoms with van der Waals surface area (Å²) < 4.78 is 5.20. The Labute approximate surface area is 131 Å². The number of hydrogen-bond acceptors (Lipinski definition) is 2. The normalized spacial score (nSPS) is 18.3. The molecule has 0 aromatic heterocycles. The van der Waals surface area contributed by atoms with Crippen LogP contribution in [0.1, 0.15) is 29.7 Å². The van der Waals surface area contributed by atoms with E-state index in [1.165, 1.54) is 16.7 Å². The Balaban J connectivity index is 1.65. The topological polar surface area (TPSA) is 21.3 Å². The van der Waals surface area contributed by atoms with Crippen LogP contribution in [-0.2, 0) is 12.8 Å². The summed E-state index contributed by atoms with van der Waals surface area (Å²) in [6, 6.07) is 15.3. The summed E-state index contributed by atoms with van der Waals surface area (Å²) in [5.74, 6) is 0.897. The fourth-order valence-electron chi connectivity index (χ4n) is 3.05. The molecule has 1 aliphatic rings. The van der Waals surface area contributed by atoms with Crippen LogP contribution in [0.3, 0.4) is 0 Å². The Hall–Kier alpha value is -1.51. The number of benzene rings is 2. The SMILES string of the molecule is COc1ccc([C@@H](C)NC2Cc3ccc(Cl)cc3C2)cc1. The Kier molecular flexibility index (Phi) is 4.18. The van der Waals surface area contributed by atoms with Crippen LogP contribution in [0.5, 0.6) is 5.75 Å². The first-order chi connectivity index (χ1) is 10.2. The molecule has 1 aliphatic carbocycles. The van der Waals surface area contributed by atoms with Gasteiger partial charge in [-0.2, -0.15) is 0 Å². The molecular weight excluding hydrogens is 282 g/mol. The van der Waals surface area contributed by atoms with Gasteiger partial charge < -0.3 is 10.1 Å². The second kappa shape index (κ2) is 6.08. The van der Waals surface area contributed by atoms with E-state index in [0.717, 1.165) is 23.6 Å². The molecule has 3 heteroatoms. The molecule has 0 fully saturated rings. The average molecular weight is 302 g/mol. The first-order valence-corrected chi connectivity index (χ1v) is 7.71. The average Bonchev–Trinajstić information content (AvgIpc) is 2.88. The Morgan fingerprint density at radius 1 is 1.10 bits per heavy atom. The summed E-state index contributed by atoms with van der Waals surface area (Å²) in [6.07, 6.45) is 2.13. The van der Waals surface area contributed by atoms with E-state index in [1.807, 2.05) is 18.2 Å². The lowest BCUT2D eigenvalue weighted by atomic mass is 10.1. The lowest BCUT2D eigenvalue weighted by Gasteiger charge is -2.19. The molecule has 0 radical (unpaired) electrons. The minimum atomic E-state index is 0.325. The number of rotatable bonds is 4. The van der Waals surface area contributed by atoms with Crippen molar-refractivity contribution in [3.8, 4) is 5.75 Å². The van der Waals surface area contributed by atoms with Crippen LogP contribution in [0.4, 0.5) is 0 Å². The quantitative estimate of drug-likeness (QED) is 0.915. The van der Waals surface area contributed by atoms with Crippen molar-refractivity contribution in [2.45, 2.75) is 31.8 Å². The van der Waals surface area contributed by atoms with Crippen LogP contribution in [-0.4, -0.2) is 13.2 Å². The highest BCUT2D eigenvalue weighted by atomic mass is 35.5. The van der Waals surface area contributed by atoms with E-state index in [0.29, 0.717) is 12.1 Å². The van der Waals surface area contributed by atoms with Gasteiger partial charge in [-0.15, -0.1) is 0 Å². The summed E-state index contributed by atoms with van der Waals surface area (Å²) in [4.78, 5) is 0. The van der Waals surface area contributed by atoms with Crippen molar-refractivity contribution >= 4 is 11.6 Å². The van der Waals surface area contributed by atoms with Gasteiger partial charge in [0.2, 0.25) is 0 Å². The number of ether oxygens (including phenoxy) is 1. The molecule has 1 N–H and O–H groups in total. The highest BCUT2D eigenvalue weighted by Crippen LogP contribution is 2.27. The molecule has 3 rings (SSSR count). The van der Waals surface area contributed by atoms with Gasteiger partial charge in [0, 0.05) is 17.1 Å². The number of nitrogens with one attached hydrogen (secondary N) is 1. The lowest BCUT2D eigenvalue weighted by molar-refractivity contribution is 0.414. The number of halogens is 1. The van der Waals surface area contributed by atoms with Crippen molar-refractivity contribution in [3.63, 3.8) is 0 Å². The second-order valence-corrected chi connectivity index (χ2v) is 6.12. The molecule has 0 spiro atoms. The molecular formula is C18H20ClNO. The molecule has 110 valence electrons. The molecule has 0 aliphatic heterocycles. The standard InChI is InChI=1S/C18H20ClNO/c1-12(13-4-7-18(21-2)8-5-13)20-17-10-14-3-6-16(19)9-15(14)11-17/h3-9,12,17,20H,10-11H2,1-2H3/t12-,17?/m1/s1. The second-order valence-electron chi connectivity index (χ2n) is 5.68. The van der Waals surface area contributed by atoms with Crippen molar-refractivity contribution in [1.29, 1.82) is 0 Å². The van der Waals surface area contributed by atoms with E-state index >= 15 is 0 Å². The number of fused-ring (bicyclic) bond motifs is 1. The van der Waals surface area contributed by atoms with E-state index in [2.05, 4.69) is 36.5 Å². The minimum Gasteiger partial charge on any atom is -0.497 e. The summed E-state index contributed by atoms with van der Waals surface area (Å²) in [6.45, 7) is 2.21. The first-order valence-electron chi connectivity index (χ1n) is 7.33. The molecule has 2 atom stereocenters. The Morgan fingerprint density at radius 3 is 2.52 bits per heavy atom. The van der Waals surface area contributed by atoms with Crippen LogP contribution >= 0.6 is 11.6 Å². The van der Waals surface area contributed by atoms with Crippen LogP contribution in [0.2, 0.25) is 5.02 Å². The van der Waals surface area contributed by atoms with Gasteiger partial charge >= 0.3 is 0 Å². The monoisotopic (exact) mass is 301 g/mol. The third-order valence-electron chi connectivity index (χ3n) is 4.20. The third kappa shape index (κ3) is 3.22. The molecule has 0 heterocycles. The van der Waals surface area contributed by atoms with Crippen molar-refractivity contribution < 1.29 is 4.74 Å². The van der Waals surface area contributed by atoms with E-state index in [4.69, 9.17) is 16.3 Å². The van der Waals surface area contributed by atoms with Crippen LogP contribution < -0.4 is 10.1 Å². The van der Waals surface area contributed by atoms with Crippen LogP contribution in [0.15, 0.2) is 42.5 Å². The maximum atomic E-state index is 6.07. The smallest absolute Gasteiger partial charge is 0.118 e. The highest BCUT2D eigenvalue weighted by Gasteiger charge is 2.23. The Morgan fingerprint density at radius 2 is 1.81 bits per heavy atom. The fourth-order valence-corrected chi connectivity index (χ4v) is 3.24.